The topological polar surface area (TPSA) is 96.6 Å². The number of anilines is 1. The van der Waals surface area contributed by atoms with E-state index in [-0.39, 0.29) is 12.4 Å². The second-order valence-corrected chi connectivity index (χ2v) is 6.45. The van der Waals surface area contributed by atoms with Crippen LogP contribution in [-0.2, 0) is 16.1 Å². The maximum Gasteiger partial charge on any atom is 0.339 e. The van der Waals surface area contributed by atoms with E-state index in [0.717, 1.165) is 20.9 Å². The Labute approximate surface area is 151 Å². The average Bonchev–Trinajstić information content (AvgIpc) is 3.35. The fourth-order valence-corrected chi connectivity index (χ4v) is 3.16. The van der Waals surface area contributed by atoms with Crippen molar-refractivity contribution in [2.24, 2.45) is 0 Å². The van der Waals surface area contributed by atoms with E-state index in [1.165, 1.54) is 11.3 Å². The number of nitrogens with zero attached hydrogens (tertiary/aromatic N) is 4. The lowest BCUT2D eigenvalue weighted by atomic mass is 10.2. The zero-order valence-corrected chi connectivity index (χ0v) is 14.4. The fraction of sp³-hybridized carbons (Fsp3) is 0.118. The summed E-state index contributed by atoms with van der Waals surface area (Å²) < 4.78 is 5.11. The van der Waals surface area contributed by atoms with Crippen molar-refractivity contribution >= 4 is 34.9 Å². The zero-order valence-electron chi connectivity index (χ0n) is 13.6. The summed E-state index contributed by atoms with van der Waals surface area (Å²) in [5, 5.41) is 7.55. The number of amides is 4. The monoisotopic (exact) mass is 368 g/mol. The molecule has 9 heteroatoms. The third-order valence-electron chi connectivity index (χ3n) is 3.89. The van der Waals surface area contributed by atoms with Gasteiger partial charge in [-0.25, -0.2) is 14.6 Å². The summed E-state index contributed by atoms with van der Waals surface area (Å²) in [5.74, 6) is -1.39. The molecule has 4 amide bonds. The van der Waals surface area contributed by atoms with Crippen LogP contribution in [0.3, 0.4) is 0 Å². The smallest absolute Gasteiger partial charge is 0.337 e. The molecule has 0 spiro atoms. The van der Waals surface area contributed by atoms with Crippen molar-refractivity contribution in [1.29, 1.82) is 0 Å². The molecule has 0 N–H and O–H groups in total. The normalized spacial score (nSPS) is 14.6. The summed E-state index contributed by atoms with van der Waals surface area (Å²) in [6.45, 7) is 1.62. The van der Waals surface area contributed by atoms with Gasteiger partial charge in [-0.2, -0.15) is 16.3 Å². The summed E-state index contributed by atoms with van der Waals surface area (Å²) in [6, 6.07) is 7.84. The second-order valence-electron chi connectivity index (χ2n) is 5.67. The van der Waals surface area contributed by atoms with Gasteiger partial charge in [-0.1, -0.05) is 22.9 Å². The molecule has 0 saturated carbocycles. The molecule has 0 bridgehead atoms. The largest absolute Gasteiger partial charge is 0.339 e. The molecule has 3 heterocycles. The Kier molecular flexibility index (Phi) is 3.85. The second kappa shape index (κ2) is 6.19. The number of benzene rings is 1. The van der Waals surface area contributed by atoms with Crippen molar-refractivity contribution in [2.75, 3.05) is 4.90 Å². The van der Waals surface area contributed by atoms with E-state index in [9.17, 15) is 14.4 Å². The van der Waals surface area contributed by atoms with Crippen molar-refractivity contribution in [2.45, 2.75) is 13.5 Å². The van der Waals surface area contributed by atoms with E-state index in [4.69, 9.17) is 4.52 Å². The third-order valence-corrected chi connectivity index (χ3v) is 4.57. The lowest BCUT2D eigenvalue weighted by molar-refractivity contribution is -0.139. The molecule has 4 rings (SSSR count). The highest BCUT2D eigenvalue weighted by Gasteiger charge is 2.46. The number of aromatic nitrogens is 2. The summed E-state index contributed by atoms with van der Waals surface area (Å²) >= 11 is 1.48. The summed E-state index contributed by atoms with van der Waals surface area (Å²) in [7, 11) is 0. The van der Waals surface area contributed by atoms with Crippen molar-refractivity contribution in [1.82, 2.24) is 15.0 Å². The summed E-state index contributed by atoms with van der Waals surface area (Å²) in [5.41, 5.74) is 2.09. The summed E-state index contributed by atoms with van der Waals surface area (Å²) in [6.07, 6.45) is 0. The van der Waals surface area contributed by atoms with Crippen molar-refractivity contribution in [3.8, 4) is 11.4 Å². The van der Waals surface area contributed by atoms with E-state index >= 15 is 0 Å². The Bertz CT molecular complexity index is 994. The van der Waals surface area contributed by atoms with Gasteiger partial charge < -0.3 is 4.52 Å². The average molecular weight is 368 g/mol. The van der Waals surface area contributed by atoms with Gasteiger partial charge in [0.25, 0.3) is 0 Å². The van der Waals surface area contributed by atoms with Gasteiger partial charge in [0.2, 0.25) is 11.7 Å². The van der Waals surface area contributed by atoms with E-state index < -0.39 is 17.8 Å². The number of imide groups is 2. The van der Waals surface area contributed by atoms with Gasteiger partial charge in [0.1, 0.15) is 6.54 Å². The molecule has 0 radical (unpaired) electrons. The summed E-state index contributed by atoms with van der Waals surface area (Å²) in [4.78, 5) is 42.9. The van der Waals surface area contributed by atoms with Crippen LogP contribution in [-0.4, -0.2) is 32.9 Å². The van der Waals surface area contributed by atoms with Crippen LogP contribution in [0, 0.1) is 6.92 Å². The number of carbonyl (C=O) groups excluding carboxylic acids is 3. The lowest BCUT2D eigenvalue weighted by Gasteiger charge is -2.14. The lowest BCUT2D eigenvalue weighted by Crippen LogP contribution is -2.33. The van der Waals surface area contributed by atoms with Gasteiger partial charge in [-0.15, -0.1) is 0 Å². The highest BCUT2D eigenvalue weighted by molar-refractivity contribution is 7.08. The molecule has 2 aromatic heterocycles. The maximum absolute atomic E-state index is 12.6. The molecule has 1 aliphatic rings. The minimum atomic E-state index is -0.925. The van der Waals surface area contributed by atoms with Crippen LogP contribution >= 0.6 is 11.3 Å². The number of thiophene rings is 1. The molecule has 0 aliphatic carbocycles. The van der Waals surface area contributed by atoms with Gasteiger partial charge in [0.05, 0.1) is 5.69 Å². The molecule has 26 heavy (non-hydrogen) atoms. The van der Waals surface area contributed by atoms with E-state index in [2.05, 4.69) is 10.1 Å². The van der Waals surface area contributed by atoms with Crippen molar-refractivity contribution in [3.63, 3.8) is 0 Å². The van der Waals surface area contributed by atoms with Crippen molar-refractivity contribution in [3.05, 3.63) is 52.5 Å². The standard InChI is InChI=1S/C17H12N4O4S/c1-10-2-4-12(5-3-10)21-16(23)15(22)20(17(21)24)8-13-18-14(19-25-13)11-6-7-26-9-11/h2-7,9H,8H2,1H3. The first-order valence-corrected chi connectivity index (χ1v) is 8.60. The molecule has 0 atom stereocenters. The van der Waals surface area contributed by atoms with Crippen LogP contribution < -0.4 is 4.90 Å². The van der Waals surface area contributed by atoms with Gasteiger partial charge in [0.15, 0.2) is 0 Å². The first-order chi connectivity index (χ1) is 12.5. The van der Waals surface area contributed by atoms with Gasteiger partial charge >= 0.3 is 17.8 Å². The highest BCUT2D eigenvalue weighted by Crippen LogP contribution is 2.24. The Hall–Kier alpha value is -3.33. The Balaban J connectivity index is 1.57. The number of aryl methyl sites for hydroxylation is 1. The first kappa shape index (κ1) is 16.2. The highest BCUT2D eigenvalue weighted by atomic mass is 32.1. The number of urea groups is 1. The molecule has 1 aromatic carbocycles. The zero-order chi connectivity index (χ0) is 18.3. The molecular weight excluding hydrogens is 356 g/mol. The number of rotatable bonds is 4. The molecule has 0 unspecified atom stereocenters. The Morgan fingerprint density at radius 3 is 2.54 bits per heavy atom. The molecule has 1 saturated heterocycles. The van der Waals surface area contributed by atoms with Gasteiger partial charge in [-0.3, -0.25) is 9.59 Å². The molecule has 130 valence electrons. The fourth-order valence-electron chi connectivity index (χ4n) is 2.53. The Morgan fingerprint density at radius 2 is 1.85 bits per heavy atom. The van der Waals surface area contributed by atoms with Crippen LogP contribution in [0.4, 0.5) is 10.5 Å². The quantitative estimate of drug-likeness (QED) is 0.519. The van der Waals surface area contributed by atoms with E-state index in [1.54, 1.807) is 24.3 Å². The molecule has 3 aromatic rings. The molecule has 8 nitrogen and oxygen atoms in total. The predicted octanol–water partition coefficient (Wildman–Crippen LogP) is 2.60. The minimum Gasteiger partial charge on any atom is -0.337 e. The van der Waals surface area contributed by atoms with Crippen molar-refractivity contribution < 1.29 is 18.9 Å². The van der Waals surface area contributed by atoms with Crippen LogP contribution in [0.5, 0.6) is 0 Å². The van der Waals surface area contributed by atoms with E-state index in [0.29, 0.717) is 11.5 Å². The SMILES string of the molecule is Cc1ccc(N2C(=O)C(=O)N(Cc3nc(-c4ccsc4)no3)C2=O)cc1. The van der Waals surface area contributed by atoms with Crippen LogP contribution in [0.1, 0.15) is 11.5 Å². The van der Waals surface area contributed by atoms with Crippen LogP contribution in [0.2, 0.25) is 0 Å². The van der Waals surface area contributed by atoms with E-state index in [1.807, 2.05) is 23.8 Å². The van der Waals surface area contributed by atoms with Gasteiger partial charge in [-0.05, 0) is 30.5 Å². The number of carbonyl (C=O) groups is 3. The molecular formula is C17H12N4O4S. The minimum absolute atomic E-state index is 0.0754. The van der Waals surface area contributed by atoms with Crippen LogP contribution in [0.25, 0.3) is 11.4 Å². The maximum atomic E-state index is 12.6. The predicted molar refractivity (Wildman–Crippen MR) is 92.2 cm³/mol. The first-order valence-electron chi connectivity index (χ1n) is 7.66. The Morgan fingerprint density at radius 1 is 1.08 bits per heavy atom. The third kappa shape index (κ3) is 2.68. The van der Waals surface area contributed by atoms with Crippen LogP contribution in [0.15, 0.2) is 45.6 Å². The molecule has 1 aliphatic heterocycles. The van der Waals surface area contributed by atoms with Gasteiger partial charge in [0, 0.05) is 10.9 Å². The molecule has 1 fully saturated rings. The number of hydrogen-bond donors (Lipinski definition) is 0. The number of hydrogen-bond acceptors (Lipinski definition) is 7.